The molecule has 0 bridgehead atoms. The van der Waals surface area contributed by atoms with Gasteiger partial charge in [-0.25, -0.2) is 0 Å². The number of sulfonamides is 1. The van der Waals surface area contributed by atoms with Crippen LogP contribution in [0.1, 0.15) is 97.2 Å². The van der Waals surface area contributed by atoms with Crippen molar-refractivity contribution in [3.63, 3.8) is 0 Å². The van der Waals surface area contributed by atoms with Crippen LogP contribution in [0.2, 0.25) is 17.7 Å². The first-order valence-electron chi connectivity index (χ1n) is 16.3. The second-order valence-electron chi connectivity index (χ2n) is 13.7. The van der Waals surface area contributed by atoms with E-state index in [-0.39, 0.29) is 17.4 Å². The molecule has 3 rings (SSSR count). The maximum absolute atomic E-state index is 14.9. The quantitative estimate of drug-likeness (QED) is 0.105. The summed E-state index contributed by atoms with van der Waals surface area (Å²) in [6, 6.07) is 16.1. The Morgan fingerprint density at radius 3 is 1.91 bits per heavy atom. The number of benzene rings is 2. The van der Waals surface area contributed by atoms with Gasteiger partial charge in [0.05, 0.1) is 0 Å². The number of hydrogen-bond donors (Lipinski definition) is 0. The van der Waals surface area contributed by atoms with Gasteiger partial charge in [-0.15, -0.1) is 0 Å². The number of unbranched alkanes of at least 4 members (excludes halogenated alkanes) is 3. The van der Waals surface area contributed by atoms with Crippen LogP contribution in [0.15, 0.2) is 71.6 Å². The molecule has 7 heteroatoms. The molecule has 0 saturated carbocycles. The summed E-state index contributed by atoms with van der Waals surface area (Å²) in [6.07, 6.45) is 6.82. The molecule has 1 saturated heterocycles. The number of esters is 1. The van der Waals surface area contributed by atoms with E-state index < -0.39 is 45.5 Å². The molecule has 0 radical (unpaired) electrons. The van der Waals surface area contributed by atoms with Crippen LogP contribution in [0.3, 0.4) is 0 Å². The summed E-state index contributed by atoms with van der Waals surface area (Å²) in [7, 11) is -3.95. The van der Waals surface area contributed by atoms with Gasteiger partial charge in [0.15, 0.2) is 0 Å². The molecule has 0 aromatic heterocycles. The Balaban J connectivity index is 2.34. The van der Waals surface area contributed by atoms with Crippen molar-refractivity contribution >= 4 is 34.4 Å². The maximum atomic E-state index is 14.9. The molecular formula is C36H55NO4SSn. The van der Waals surface area contributed by atoms with E-state index >= 15 is 0 Å². The van der Waals surface area contributed by atoms with Crippen LogP contribution in [-0.4, -0.2) is 49.2 Å². The number of carbonyl (C=O) groups excluding carboxylic acids is 1. The minimum atomic E-state index is -3.95. The van der Waals surface area contributed by atoms with Crippen molar-refractivity contribution in [3.8, 4) is 0 Å². The fraction of sp³-hybridized carbons (Fsp3) is 0.583. The fourth-order valence-electron chi connectivity index (χ4n) is 6.82. The van der Waals surface area contributed by atoms with Gasteiger partial charge in [-0.3, -0.25) is 0 Å². The molecule has 0 amide bonds. The van der Waals surface area contributed by atoms with Gasteiger partial charge < -0.3 is 0 Å². The number of carbonyl (C=O) groups is 1. The zero-order valence-corrected chi connectivity index (χ0v) is 31.4. The van der Waals surface area contributed by atoms with Crippen LogP contribution < -0.4 is 0 Å². The van der Waals surface area contributed by atoms with Crippen LogP contribution in [0.25, 0.3) is 0 Å². The molecule has 1 aliphatic rings. The summed E-state index contributed by atoms with van der Waals surface area (Å²) in [5.41, 5.74) is 0.636. The summed E-state index contributed by atoms with van der Waals surface area (Å²) in [4.78, 5) is 15.1. The summed E-state index contributed by atoms with van der Waals surface area (Å²) in [5.74, 6) is -0.314. The molecule has 43 heavy (non-hydrogen) atoms. The molecule has 1 fully saturated rings. The predicted octanol–water partition coefficient (Wildman–Crippen LogP) is 9.47. The van der Waals surface area contributed by atoms with E-state index in [9.17, 15) is 13.2 Å². The van der Waals surface area contributed by atoms with Gasteiger partial charge in [0.25, 0.3) is 0 Å². The van der Waals surface area contributed by atoms with E-state index in [1.165, 1.54) is 13.3 Å². The second kappa shape index (κ2) is 15.1. The minimum absolute atomic E-state index is 0.103. The average Bonchev–Trinajstić information content (AvgIpc) is 3.26. The molecule has 0 N–H and O–H groups in total. The Hall–Kier alpha value is -1.64. The first-order chi connectivity index (χ1) is 20.3. The monoisotopic (exact) mass is 717 g/mol. The summed E-state index contributed by atoms with van der Waals surface area (Å²) in [6.45, 7) is 19.0. The van der Waals surface area contributed by atoms with Crippen molar-refractivity contribution in [1.82, 2.24) is 4.31 Å². The molecule has 238 valence electrons. The van der Waals surface area contributed by atoms with E-state index in [0.717, 1.165) is 54.1 Å². The van der Waals surface area contributed by atoms with Crippen molar-refractivity contribution in [2.45, 2.75) is 121 Å². The fourth-order valence-corrected chi connectivity index (χ4v) is 26.6. The molecule has 0 aliphatic carbocycles. The Bertz CT molecular complexity index is 1300. The normalized spacial score (nSPS) is 20.0. The van der Waals surface area contributed by atoms with Gasteiger partial charge >= 0.3 is 268 Å². The van der Waals surface area contributed by atoms with Gasteiger partial charge in [0, 0.05) is 0 Å². The molecule has 2 atom stereocenters. The predicted molar refractivity (Wildman–Crippen MR) is 181 cm³/mol. The van der Waals surface area contributed by atoms with Crippen LogP contribution in [0, 0.1) is 12.3 Å². The van der Waals surface area contributed by atoms with Crippen LogP contribution in [0.4, 0.5) is 0 Å². The third-order valence-electron chi connectivity index (χ3n) is 9.07. The van der Waals surface area contributed by atoms with E-state index in [1.807, 2.05) is 70.2 Å². The molecule has 5 nitrogen and oxygen atoms in total. The topological polar surface area (TPSA) is 63.7 Å². The molecule has 2 aromatic carbocycles. The Morgan fingerprint density at radius 1 is 0.930 bits per heavy atom. The molecule has 1 heterocycles. The van der Waals surface area contributed by atoms with Crippen LogP contribution >= 0.6 is 0 Å². The first kappa shape index (κ1) is 35.8. The Labute approximate surface area is 266 Å². The molecule has 2 unspecified atom stereocenters. The van der Waals surface area contributed by atoms with E-state index in [4.69, 9.17) is 4.74 Å². The molecular weight excluding hydrogens is 661 g/mol. The van der Waals surface area contributed by atoms with E-state index in [1.54, 1.807) is 16.4 Å². The van der Waals surface area contributed by atoms with Gasteiger partial charge in [0.1, 0.15) is 0 Å². The third kappa shape index (κ3) is 8.34. The van der Waals surface area contributed by atoms with Gasteiger partial charge in [-0.2, -0.15) is 0 Å². The van der Waals surface area contributed by atoms with Crippen molar-refractivity contribution in [2.24, 2.45) is 5.41 Å². The molecule has 0 spiro atoms. The van der Waals surface area contributed by atoms with Crippen molar-refractivity contribution in [3.05, 3.63) is 77.9 Å². The first-order valence-corrected chi connectivity index (χ1v) is 25.8. The third-order valence-corrected chi connectivity index (χ3v) is 26.7. The molecule has 1 aliphatic heterocycles. The summed E-state index contributed by atoms with van der Waals surface area (Å²) < 4.78 is 41.2. The number of hydrogen-bond acceptors (Lipinski definition) is 4. The zero-order valence-electron chi connectivity index (χ0n) is 27.7. The number of rotatable bonds is 15. The van der Waals surface area contributed by atoms with Crippen LogP contribution in [-0.2, 0) is 19.6 Å². The second-order valence-corrected chi connectivity index (χ2v) is 29.5. The van der Waals surface area contributed by atoms with Gasteiger partial charge in [-0.05, 0) is 0 Å². The molecule has 2 aromatic rings. The summed E-state index contributed by atoms with van der Waals surface area (Å²) in [5, 5.41) is 0. The number of aryl methyl sites for hydroxylation is 1. The van der Waals surface area contributed by atoms with Crippen molar-refractivity contribution in [2.75, 3.05) is 6.54 Å². The zero-order chi connectivity index (χ0) is 31.9. The SMILES string of the molecule is C=C1CN(S(=O)(=O)c2ccc(C)cc2)C(c2ccccc2)C1([CH2][Sn]([CH2]CCC)([CH2]CCC)[CH2]CCC)C(=O)OC(C)(C)C. The standard InChI is InChI=1S/C24H28NO4S.3C4H9.Sn/c1-17-12-14-20(15-13-17)30(27,28)25-16-18(2)24(6,22(26)29-23(3,4)5)21(25)19-10-8-7-9-11-19;3*1-3-4-2;/h7-15,21H,2,6,16H2,1,3-5H3;3*1,3-4H2,2H3;. The average molecular weight is 717 g/mol. The number of ether oxygens (including phenoxy) is 1. The Kier molecular flexibility index (Phi) is 12.6. The summed E-state index contributed by atoms with van der Waals surface area (Å²) >= 11 is -3.12. The van der Waals surface area contributed by atoms with E-state index in [0.29, 0.717) is 5.57 Å². The van der Waals surface area contributed by atoms with E-state index in [2.05, 4.69) is 27.4 Å². The Morgan fingerprint density at radius 2 is 1.44 bits per heavy atom. The van der Waals surface area contributed by atoms with Gasteiger partial charge in [-0.1, -0.05) is 0 Å². The van der Waals surface area contributed by atoms with Crippen molar-refractivity contribution in [1.29, 1.82) is 0 Å². The van der Waals surface area contributed by atoms with Crippen molar-refractivity contribution < 1.29 is 17.9 Å². The van der Waals surface area contributed by atoms with Gasteiger partial charge in [0.2, 0.25) is 0 Å². The number of nitrogens with zero attached hydrogens (tertiary/aromatic N) is 1. The van der Waals surface area contributed by atoms with Crippen LogP contribution in [0.5, 0.6) is 0 Å².